The number of fused-ring (bicyclic) bond motifs is 1. The maximum absolute atomic E-state index is 13.6. The van der Waals surface area contributed by atoms with Gasteiger partial charge in [0.15, 0.2) is 0 Å². The van der Waals surface area contributed by atoms with E-state index >= 15 is 0 Å². The fourth-order valence-electron chi connectivity index (χ4n) is 4.86. The highest BCUT2D eigenvalue weighted by Crippen LogP contribution is 2.35. The van der Waals surface area contributed by atoms with Gasteiger partial charge in [-0.2, -0.15) is 5.26 Å². The van der Waals surface area contributed by atoms with Gasteiger partial charge < -0.3 is 10.2 Å². The van der Waals surface area contributed by atoms with Crippen LogP contribution in [0.5, 0.6) is 0 Å². The van der Waals surface area contributed by atoms with Crippen LogP contribution in [-0.4, -0.2) is 37.5 Å². The maximum Gasteiger partial charge on any atom is 0.252 e. The van der Waals surface area contributed by atoms with Crippen LogP contribution in [0.15, 0.2) is 60.7 Å². The Morgan fingerprint density at radius 1 is 1.10 bits per heavy atom. The Morgan fingerprint density at radius 2 is 1.77 bits per heavy atom. The smallest absolute Gasteiger partial charge is 0.252 e. The topological polar surface area (TPSA) is 56.1 Å². The molecular formula is C27H29N3O. The van der Waals surface area contributed by atoms with Crippen LogP contribution in [0.1, 0.15) is 46.8 Å². The predicted octanol–water partition coefficient (Wildman–Crippen LogP) is 4.67. The lowest BCUT2D eigenvalue weighted by molar-refractivity contribution is 0.0928. The molecule has 0 unspecified atom stereocenters. The summed E-state index contributed by atoms with van der Waals surface area (Å²) in [5, 5.41) is 14.8. The highest BCUT2D eigenvalue weighted by Gasteiger charge is 2.36. The van der Waals surface area contributed by atoms with Crippen LogP contribution in [-0.2, 0) is 11.8 Å². The first kappa shape index (κ1) is 21.1. The largest absolute Gasteiger partial charge is 0.351 e. The molecule has 0 aromatic heterocycles. The van der Waals surface area contributed by atoms with Crippen molar-refractivity contribution in [3.63, 3.8) is 0 Å². The lowest BCUT2D eigenvalue weighted by Crippen LogP contribution is -2.48. The number of piperidine rings is 1. The van der Waals surface area contributed by atoms with E-state index in [0.29, 0.717) is 24.1 Å². The molecule has 0 atom stereocenters. The number of carbonyl (C=O) groups excluding carboxylic acids is 1. The Labute approximate surface area is 184 Å². The molecule has 3 aromatic carbocycles. The van der Waals surface area contributed by atoms with E-state index in [2.05, 4.69) is 47.6 Å². The Hall–Kier alpha value is -3.16. The summed E-state index contributed by atoms with van der Waals surface area (Å²) in [6.45, 7) is 4.62. The number of hydrogen-bond acceptors (Lipinski definition) is 3. The summed E-state index contributed by atoms with van der Waals surface area (Å²) >= 11 is 0. The van der Waals surface area contributed by atoms with Crippen molar-refractivity contribution >= 4 is 16.7 Å². The van der Waals surface area contributed by atoms with Crippen molar-refractivity contribution in [2.75, 3.05) is 26.7 Å². The van der Waals surface area contributed by atoms with Gasteiger partial charge in [0.25, 0.3) is 5.91 Å². The molecular weight excluding hydrogens is 382 g/mol. The maximum atomic E-state index is 13.6. The van der Waals surface area contributed by atoms with Crippen molar-refractivity contribution < 1.29 is 4.79 Å². The number of amides is 1. The zero-order chi connectivity index (χ0) is 21.8. The lowest BCUT2D eigenvalue weighted by Gasteiger charge is -2.41. The van der Waals surface area contributed by atoms with Gasteiger partial charge in [-0.1, -0.05) is 61.5 Å². The number of likely N-dealkylation sites (tertiary alicyclic amines) is 1. The quantitative estimate of drug-likeness (QED) is 0.664. The second kappa shape index (κ2) is 8.91. The number of rotatable bonds is 5. The predicted molar refractivity (Wildman–Crippen MR) is 125 cm³/mol. The van der Waals surface area contributed by atoms with Crippen LogP contribution in [0.4, 0.5) is 0 Å². The summed E-state index contributed by atoms with van der Waals surface area (Å²) in [5.41, 5.74) is 3.28. The van der Waals surface area contributed by atoms with Crippen molar-refractivity contribution in [3.05, 3.63) is 82.9 Å². The van der Waals surface area contributed by atoms with Crippen LogP contribution >= 0.6 is 0 Å². The van der Waals surface area contributed by atoms with Gasteiger partial charge in [0.05, 0.1) is 17.2 Å². The van der Waals surface area contributed by atoms with Crippen LogP contribution in [0.2, 0.25) is 0 Å². The first-order valence-corrected chi connectivity index (χ1v) is 11.0. The summed E-state index contributed by atoms with van der Waals surface area (Å²) in [6, 6.07) is 22.6. The average Bonchev–Trinajstić information content (AvgIpc) is 2.83. The molecule has 0 aliphatic carbocycles. The normalized spacial score (nSPS) is 16.0. The van der Waals surface area contributed by atoms with Crippen molar-refractivity contribution in [1.29, 1.82) is 5.26 Å². The summed E-state index contributed by atoms with van der Waals surface area (Å²) in [4.78, 5) is 15.9. The second-order valence-electron chi connectivity index (χ2n) is 8.60. The fourth-order valence-corrected chi connectivity index (χ4v) is 4.86. The first-order chi connectivity index (χ1) is 15.1. The van der Waals surface area contributed by atoms with Gasteiger partial charge in [0.2, 0.25) is 0 Å². The van der Waals surface area contributed by atoms with Crippen molar-refractivity contribution in [1.82, 2.24) is 10.2 Å². The molecule has 1 amide bonds. The van der Waals surface area contributed by atoms with Crippen LogP contribution < -0.4 is 5.32 Å². The molecule has 1 saturated heterocycles. The Morgan fingerprint density at radius 3 is 2.45 bits per heavy atom. The van der Waals surface area contributed by atoms with Gasteiger partial charge in [0, 0.05) is 12.0 Å². The standard InChI is InChI=1S/C27H29N3O/c1-3-23-21(18-28)17-20-9-7-8-12-24(20)25(23)26(31)29-19-27(13-15-30(2)16-14-27)22-10-5-4-6-11-22/h4-12,17H,3,13-16,19H2,1-2H3,(H,29,31). The zero-order valence-electron chi connectivity index (χ0n) is 18.3. The van der Waals surface area contributed by atoms with E-state index in [0.717, 1.165) is 42.3 Å². The van der Waals surface area contributed by atoms with Gasteiger partial charge in [-0.05, 0) is 67.4 Å². The van der Waals surface area contributed by atoms with E-state index in [1.54, 1.807) is 0 Å². The van der Waals surface area contributed by atoms with Gasteiger partial charge in [-0.15, -0.1) is 0 Å². The van der Waals surface area contributed by atoms with E-state index < -0.39 is 0 Å². The Bertz CT molecular complexity index is 1120. The van der Waals surface area contributed by atoms with E-state index in [-0.39, 0.29) is 11.3 Å². The highest BCUT2D eigenvalue weighted by molar-refractivity contribution is 6.09. The summed E-state index contributed by atoms with van der Waals surface area (Å²) in [7, 11) is 2.15. The number of nitrogens with one attached hydrogen (secondary N) is 1. The molecule has 1 aliphatic rings. The van der Waals surface area contributed by atoms with Crippen LogP contribution in [0.3, 0.4) is 0 Å². The van der Waals surface area contributed by atoms with Gasteiger partial charge in [0.1, 0.15) is 0 Å². The molecule has 1 fully saturated rings. The monoisotopic (exact) mass is 411 g/mol. The number of nitrogens with zero attached hydrogens (tertiary/aromatic N) is 2. The molecule has 158 valence electrons. The molecule has 4 heteroatoms. The van der Waals surface area contributed by atoms with E-state index in [1.165, 1.54) is 5.56 Å². The minimum Gasteiger partial charge on any atom is -0.351 e. The third-order valence-corrected chi connectivity index (χ3v) is 6.78. The average molecular weight is 412 g/mol. The number of nitriles is 1. The molecule has 4 nitrogen and oxygen atoms in total. The second-order valence-corrected chi connectivity index (χ2v) is 8.60. The van der Waals surface area contributed by atoms with Crippen LogP contribution in [0.25, 0.3) is 10.8 Å². The SMILES string of the molecule is CCc1c(C#N)cc2ccccc2c1C(=O)NCC1(c2ccccc2)CCN(C)CC1. The molecule has 31 heavy (non-hydrogen) atoms. The van der Waals surface area contributed by atoms with E-state index in [9.17, 15) is 10.1 Å². The van der Waals surface area contributed by atoms with Crippen molar-refractivity contribution in [2.45, 2.75) is 31.6 Å². The molecule has 0 bridgehead atoms. The number of benzene rings is 3. The Balaban J connectivity index is 1.69. The van der Waals surface area contributed by atoms with Crippen LogP contribution in [0, 0.1) is 11.3 Å². The zero-order valence-corrected chi connectivity index (χ0v) is 18.3. The summed E-state index contributed by atoms with van der Waals surface area (Å²) in [6.07, 6.45) is 2.66. The minimum absolute atomic E-state index is 0.0710. The van der Waals surface area contributed by atoms with Gasteiger partial charge in [-0.3, -0.25) is 4.79 Å². The highest BCUT2D eigenvalue weighted by atomic mass is 16.1. The van der Waals surface area contributed by atoms with Crippen molar-refractivity contribution in [3.8, 4) is 6.07 Å². The molecule has 0 spiro atoms. The summed E-state index contributed by atoms with van der Waals surface area (Å²) < 4.78 is 0. The Kier molecular flexibility index (Phi) is 6.06. The molecule has 1 heterocycles. The molecule has 4 rings (SSSR count). The number of carbonyl (C=O) groups is 1. The van der Waals surface area contributed by atoms with Crippen molar-refractivity contribution in [2.24, 2.45) is 0 Å². The summed E-state index contributed by atoms with van der Waals surface area (Å²) in [5.74, 6) is -0.0839. The molecule has 0 radical (unpaired) electrons. The number of hydrogen-bond donors (Lipinski definition) is 1. The molecule has 1 N–H and O–H groups in total. The molecule has 0 saturated carbocycles. The van der Waals surface area contributed by atoms with Gasteiger partial charge in [-0.25, -0.2) is 0 Å². The minimum atomic E-state index is -0.0839. The fraction of sp³-hybridized carbons (Fsp3) is 0.333. The lowest BCUT2D eigenvalue weighted by atomic mass is 9.72. The molecule has 1 aliphatic heterocycles. The third-order valence-electron chi connectivity index (χ3n) is 6.78. The van der Waals surface area contributed by atoms with Gasteiger partial charge >= 0.3 is 0 Å². The molecule has 3 aromatic rings. The van der Waals surface area contributed by atoms with E-state index in [4.69, 9.17) is 0 Å². The van der Waals surface area contributed by atoms with E-state index in [1.807, 2.05) is 43.3 Å². The first-order valence-electron chi connectivity index (χ1n) is 11.0. The third kappa shape index (κ3) is 4.06.